The predicted molar refractivity (Wildman–Crippen MR) is 74.8 cm³/mol. The molecule has 1 aliphatic rings. The number of primary amides is 1. The smallest absolute Gasteiger partial charge is 0.248 e. The molecule has 1 rings (SSSR count). The SMILES string of the molecule is CCC(CC)(CN)C(=O)N1CCOC(C(N)=O)C1.Cl. The first kappa shape index (κ1) is 18.1. The van der Waals surface area contributed by atoms with E-state index in [4.69, 9.17) is 16.2 Å². The molecule has 1 fully saturated rings. The molecular formula is C12H24ClN3O3. The third-order valence-electron chi connectivity index (χ3n) is 3.87. The van der Waals surface area contributed by atoms with Crippen molar-refractivity contribution in [3.63, 3.8) is 0 Å². The van der Waals surface area contributed by atoms with Gasteiger partial charge in [0, 0.05) is 13.1 Å². The van der Waals surface area contributed by atoms with Crippen molar-refractivity contribution in [1.29, 1.82) is 0 Å². The molecular weight excluding hydrogens is 270 g/mol. The average molecular weight is 294 g/mol. The maximum absolute atomic E-state index is 12.5. The molecule has 112 valence electrons. The van der Waals surface area contributed by atoms with Crippen molar-refractivity contribution in [2.45, 2.75) is 32.8 Å². The van der Waals surface area contributed by atoms with Crippen LogP contribution in [-0.4, -0.2) is 49.1 Å². The van der Waals surface area contributed by atoms with Crippen molar-refractivity contribution in [3.05, 3.63) is 0 Å². The van der Waals surface area contributed by atoms with Gasteiger partial charge in [0.2, 0.25) is 11.8 Å². The zero-order valence-corrected chi connectivity index (χ0v) is 12.4. The number of ether oxygens (including phenoxy) is 1. The molecule has 19 heavy (non-hydrogen) atoms. The van der Waals surface area contributed by atoms with Gasteiger partial charge in [0.1, 0.15) is 0 Å². The van der Waals surface area contributed by atoms with Gasteiger partial charge >= 0.3 is 0 Å². The summed E-state index contributed by atoms with van der Waals surface area (Å²) in [6.07, 6.45) is 0.682. The molecule has 1 aliphatic heterocycles. The Hall–Kier alpha value is -0.850. The van der Waals surface area contributed by atoms with Gasteiger partial charge in [0.15, 0.2) is 6.10 Å². The second-order valence-electron chi connectivity index (χ2n) is 4.70. The molecule has 4 N–H and O–H groups in total. The van der Waals surface area contributed by atoms with Crippen LogP contribution in [0.25, 0.3) is 0 Å². The predicted octanol–water partition coefficient (Wildman–Crippen LogP) is -0.114. The molecule has 2 amide bonds. The molecule has 1 saturated heterocycles. The van der Waals surface area contributed by atoms with Gasteiger partial charge in [-0.2, -0.15) is 0 Å². The van der Waals surface area contributed by atoms with Crippen LogP contribution in [0, 0.1) is 5.41 Å². The van der Waals surface area contributed by atoms with E-state index in [1.807, 2.05) is 13.8 Å². The number of amides is 2. The third-order valence-corrected chi connectivity index (χ3v) is 3.87. The van der Waals surface area contributed by atoms with Crippen molar-refractivity contribution in [2.24, 2.45) is 16.9 Å². The topological polar surface area (TPSA) is 98.7 Å². The van der Waals surface area contributed by atoms with Gasteiger partial charge in [-0.3, -0.25) is 9.59 Å². The van der Waals surface area contributed by atoms with Gasteiger partial charge in [-0.05, 0) is 12.8 Å². The number of carbonyl (C=O) groups is 2. The van der Waals surface area contributed by atoms with E-state index in [-0.39, 0.29) is 24.9 Å². The van der Waals surface area contributed by atoms with E-state index < -0.39 is 17.4 Å². The van der Waals surface area contributed by atoms with Crippen LogP contribution in [0.15, 0.2) is 0 Å². The highest BCUT2D eigenvalue weighted by Gasteiger charge is 2.39. The summed E-state index contributed by atoms with van der Waals surface area (Å²) in [5, 5.41) is 0. The molecule has 0 aromatic carbocycles. The maximum atomic E-state index is 12.5. The maximum Gasteiger partial charge on any atom is 0.248 e. The highest BCUT2D eigenvalue weighted by atomic mass is 35.5. The monoisotopic (exact) mass is 293 g/mol. The zero-order chi connectivity index (χ0) is 13.8. The van der Waals surface area contributed by atoms with Crippen LogP contribution >= 0.6 is 12.4 Å². The van der Waals surface area contributed by atoms with Crippen molar-refractivity contribution < 1.29 is 14.3 Å². The van der Waals surface area contributed by atoms with Crippen LogP contribution in [-0.2, 0) is 14.3 Å². The summed E-state index contributed by atoms with van der Waals surface area (Å²) >= 11 is 0. The lowest BCUT2D eigenvalue weighted by Gasteiger charge is -2.38. The fourth-order valence-corrected chi connectivity index (χ4v) is 2.27. The van der Waals surface area contributed by atoms with E-state index in [9.17, 15) is 9.59 Å². The molecule has 6 nitrogen and oxygen atoms in total. The molecule has 0 saturated carbocycles. The number of hydrogen-bond acceptors (Lipinski definition) is 4. The number of nitrogens with zero attached hydrogens (tertiary/aromatic N) is 1. The molecule has 7 heteroatoms. The average Bonchev–Trinajstić information content (AvgIpc) is 2.41. The van der Waals surface area contributed by atoms with Gasteiger partial charge < -0.3 is 21.1 Å². The standard InChI is InChI=1S/C12H23N3O3.ClH/c1-3-12(4-2,8-13)11(17)15-5-6-18-9(7-15)10(14)16;/h9H,3-8,13H2,1-2H3,(H2,14,16);1H. The van der Waals surface area contributed by atoms with Gasteiger partial charge in [0.05, 0.1) is 18.6 Å². The molecule has 1 heterocycles. The number of halogens is 1. The molecule has 1 atom stereocenters. The molecule has 0 spiro atoms. The second kappa shape index (κ2) is 7.67. The van der Waals surface area contributed by atoms with Crippen LogP contribution in [0.4, 0.5) is 0 Å². The first-order chi connectivity index (χ1) is 8.50. The number of rotatable bonds is 5. The molecule has 0 aliphatic carbocycles. The Morgan fingerprint density at radius 1 is 1.37 bits per heavy atom. The largest absolute Gasteiger partial charge is 0.367 e. The van der Waals surface area contributed by atoms with Crippen LogP contribution < -0.4 is 11.5 Å². The van der Waals surface area contributed by atoms with Gasteiger partial charge in [-0.15, -0.1) is 12.4 Å². The Bertz CT molecular complexity index is 313. The van der Waals surface area contributed by atoms with E-state index in [2.05, 4.69) is 0 Å². The Balaban J connectivity index is 0.00000324. The molecule has 0 radical (unpaired) electrons. The quantitative estimate of drug-likeness (QED) is 0.738. The first-order valence-electron chi connectivity index (χ1n) is 6.41. The molecule has 0 aromatic heterocycles. The highest BCUT2D eigenvalue weighted by Crippen LogP contribution is 2.28. The van der Waals surface area contributed by atoms with E-state index in [1.54, 1.807) is 4.90 Å². The normalized spacial score (nSPS) is 19.7. The van der Waals surface area contributed by atoms with Crippen molar-refractivity contribution in [1.82, 2.24) is 4.90 Å². The summed E-state index contributed by atoms with van der Waals surface area (Å²) in [6, 6.07) is 0. The molecule has 0 aromatic rings. The lowest BCUT2D eigenvalue weighted by molar-refractivity contribution is -0.153. The van der Waals surface area contributed by atoms with Gasteiger partial charge in [-0.1, -0.05) is 13.8 Å². The summed E-state index contributed by atoms with van der Waals surface area (Å²) in [4.78, 5) is 25.3. The summed E-state index contributed by atoms with van der Waals surface area (Å²) < 4.78 is 5.23. The zero-order valence-electron chi connectivity index (χ0n) is 11.6. The molecule has 1 unspecified atom stereocenters. The highest BCUT2D eigenvalue weighted by molar-refractivity contribution is 5.85. The number of carbonyl (C=O) groups excluding carboxylic acids is 2. The van der Waals surface area contributed by atoms with Gasteiger partial charge in [0.25, 0.3) is 0 Å². The summed E-state index contributed by atoms with van der Waals surface area (Å²) in [6.45, 7) is 5.30. The van der Waals surface area contributed by atoms with E-state index in [0.717, 1.165) is 0 Å². The molecule has 0 bridgehead atoms. The van der Waals surface area contributed by atoms with Crippen LogP contribution in [0.3, 0.4) is 0 Å². The van der Waals surface area contributed by atoms with Crippen LogP contribution in [0.1, 0.15) is 26.7 Å². The van der Waals surface area contributed by atoms with E-state index in [1.165, 1.54) is 0 Å². The van der Waals surface area contributed by atoms with Crippen LogP contribution in [0.5, 0.6) is 0 Å². The number of morpholine rings is 1. The lowest BCUT2D eigenvalue weighted by Crippen LogP contribution is -2.55. The fourth-order valence-electron chi connectivity index (χ4n) is 2.27. The van der Waals surface area contributed by atoms with Crippen molar-refractivity contribution >= 4 is 24.2 Å². The summed E-state index contributed by atoms with van der Waals surface area (Å²) in [7, 11) is 0. The van der Waals surface area contributed by atoms with E-state index >= 15 is 0 Å². The summed E-state index contributed by atoms with van der Waals surface area (Å²) in [5.41, 5.74) is 10.4. The lowest BCUT2D eigenvalue weighted by atomic mass is 9.80. The van der Waals surface area contributed by atoms with Gasteiger partial charge in [-0.25, -0.2) is 0 Å². The number of hydrogen-bond donors (Lipinski definition) is 2. The van der Waals surface area contributed by atoms with Crippen molar-refractivity contribution in [2.75, 3.05) is 26.2 Å². The minimum absolute atomic E-state index is 0. The fraction of sp³-hybridized carbons (Fsp3) is 0.833. The number of nitrogens with two attached hydrogens (primary N) is 2. The van der Waals surface area contributed by atoms with Crippen LogP contribution in [0.2, 0.25) is 0 Å². The Kier molecular flexibility index (Phi) is 7.33. The van der Waals surface area contributed by atoms with Crippen molar-refractivity contribution in [3.8, 4) is 0 Å². The Morgan fingerprint density at radius 3 is 2.37 bits per heavy atom. The third kappa shape index (κ3) is 3.81. The Labute approximate surface area is 120 Å². The summed E-state index contributed by atoms with van der Waals surface area (Å²) in [5.74, 6) is -0.525. The first-order valence-corrected chi connectivity index (χ1v) is 6.41. The van der Waals surface area contributed by atoms with E-state index in [0.29, 0.717) is 32.5 Å². The second-order valence-corrected chi connectivity index (χ2v) is 4.70. The minimum atomic E-state index is -0.702. The Morgan fingerprint density at radius 2 is 1.95 bits per heavy atom. The minimum Gasteiger partial charge on any atom is -0.367 e.